The largest absolute Gasteiger partial charge is 0.322 e. The van der Waals surface area contributed by atoms with Crippen LogP contribution in [0, 0.1) is 0 Å². The number of anilines is 1. The van der Waals surface area contributed by atoms with Crippen LogP contribution in [0.2, 0.25) is 0 Å². The van der Waals surface area contributed by atoms with E-state index in [2.05, 4.69) is 11.9 Å². The van der Waals surface area contributed by atoms with Crippen LogP contribution in [-0.4, -0.2) is 5.91 Å². The van der Waals surface area contributed by atoms with Crippen LogP contribution in [0.1, 0.15) is 0 Å². The summed E-state index contributed by atoms with van der Waals surface area (Å²) < 4.78 is 0. The third-order valence-electron chi connectivity index (χ3n) is 2.46. The van der Waals surface area contributed by atoms with Crippen molar-refractivity contribution in [1.82, 2.24) is 0 Å². The summed E-state index contributed by atoms with van der Waals surface area (Å²) >= 11 is 0. The molecule has 2 aromatic carbocycles. The van der Waals surface area contributed by atoms with E-state index in [1.54, 1.807) is 0 Å². The molecule has 0 atom stereocenters. The smallest absolute Gasteiger partial charge is 0.247 e. The number of benzene rings is 2. The zero-order chi connectivity index (χ0) is 12.1. The Morgan fingerprint density at radius 2 is 1.65 bits per heavy atom. The molecule has 0 unspecified atom stereocenters. The van der Waals surface area contributed by atoms with Gasteiger partial charge in [0, 0.05) is 11.3 Å². The predicted molar refractivity (Wildman–Crippen MR) is 70.7 cm³/mol. The van der Waals surface area contributed by atoms with Crippen LogP contribution in [0.3, 0.4) is 0 Å². The fraction of sp³-hybridized carbons (Fsp3) is 0. The summed E-state index contributed by atoms with van der Waals surface area (Å²) in [5.74, 6) is -0.201. The Balaban J connectivity index is 2.41. The number of carbonyl (C=O) groups excluding carboxylic acids is 1. The first-order chi connectivity index (χ1) is 8.31. The number of para-hydroxylation sites is 1. The minimum absolute atomic E-state index is 0.201. The van der Waals surface area contributed by atoms with Gasteiger partial charge in [-0.2, -0.15) is 0 Å². The summed E-state index contributed by atoms with van der Waals surface area (Å²) in [4.78, 5) is 11.3. The molecule has 1 N–H and O–H groups in total. The van der Waals surface area contributed by atoms with E-state index in [0.29, 0.717) is 0 Å². The number of hydrogen-bond acceptors (Lipinski definition) is 1. The third kappa shape index (κ3) is 2.61. The maximum atomic E-state index is 11.3. The fourth-order valence-electron chi connectivity index (χ4n) is 1.65. The van der Waals surface area contributed by atoms with Gasteiger partial charge in [-0.15, -0.1) is 0 Å². The minimum atomic E-state index is -0.201. The molecule has 0 aromatic heterocycles. The van der Waals surface area contributed by atoms with Crippen LogP contribution in [0.25, 0.3) is 11.1 Å². The van der Waals surface area contributed by atoms with Crippen LogP contribution in [0.15, 0.2) is 67.3 Å². The van der Waals surface area contributed by atoms with E-state index in [-0.39, 0.29) is 5.91 Å². The van der Waals surface area contributed by atoms with Crippen LogP contribution >= 0.6 is 0 Å². The topological polar surface area (TPSA) is 29.1 Å². The number of nitrogens with one attached hydrogen (secondary N) is 1. The molecule has 17 heavy (non-hydrogen) atoms. The Kier molecular flexibility index (Phi) is 3.36. The van der Waals surface area contributed by atoms with Gasteiger partial charge >= 0.3 is 0 Å². The summed E-state index contributed by atoms with van der Waals surface area (Å²) in [5, 5.41) is 2.80. The van der Waals surface area contributed by atoms with Crippen molar-refractivity contribution >= 4 is 11.6 Å². The lowest BCUT2D eigenvalue weighted by atomic mass is 10.0. The lowest BCUT2D eigenvalue weighted by Gasteiger charge is -2.09. The van der Waals surface area contributed by atoms with Gasteiger partial charge in [-0.05, 0) is 17.7 Å². The van der Waals surface area contributed by atoms with Crippen LogP contribution < -0.4 is 5.32 Å². The number of carbonyl (C=O) groups is 1. The lowest BCUT2D eigenvalue weighted by Crippen LogP contribution is -2.08. The van der Waals surface area contributed by atoms with Gasteiger partial charge in [0.2, 0.25) is 5.91 Å². The van der Waals surface area contributed by atoms with E-state index in [1.165, 1.54) is 6.08 Å². The monoisotopic (exact) mass is 223 g/mol. The minimum Gasteiger partial charge on any atom is -0.322 e. The summed E-state index contributed by atoms with van der Waals surface area (Å²) in [6.07, 6.45) is 1.27. The second kappa shape index (κ2) is 5.12. The van der Waals surface area contributed by atoms with Crippen molar-refractivity contribution in [2.75, 3.05) is 5.32 Å². The van der Waals surface area contributed by atoms with Gasteiger partial charge in [-0.25, -0.2) is 0 Å². The highest BCUT2D eigenvalue weighted by atomic mass is 16.1. The fourth-order valence-corrected chi connectivity index (χ4v) is 1.65. The number of rotatable bonds is 3. The second-order valence-corrected chi connectivity index (χ2v) is 3.60. The number of hydrogen-bond donors (Lipinski definition) is 1. The summed E-state index contributed by atoms with van der Waals surface area (Å²) in [6, 6.07) is 17.6. The quantitative estimate of drug-likeness (QED) is 0.793. The van der Waals surface area contributed by atoms with Crippen LogP contribution in [0.4, 0.5) is 5.69 Å². The highest BCUT2D eigenvalue weighted by Gasteiger charge is 2.05. The molecule has 2 nitrogen and oxygen atoms in total. The van der Waals surface area contributed by atoms with E-state index in [4.69, 9.17) is 0 Å². The molecule has 0 spiro atoms. The molecule has 0 radical (unpaired) electrons. The molecule has 84 valence electrons. The molecule has 0 aliphatic rings. The molecule has 0 aliphatic carbocycles. The zero-order valence-corrected chi connectivity index (χ0v) is 9.39. The van der Waals surface area contributed by atoms with Crippen LogP contribution in [0.5, 0.6) is 0 Å². The van der Waals surface area contributed by atoms with Crippen LogP contribution in [-0.2, 0) is 4.79 Å². The maximum Gasteiger partial charge on any atom is 0.247 e. The highest BCUT2D eigenvalue weighted by Crippen LogP contribution is 2.27. The lowest BCUT2D eigenvalue weighted by molar-refractivity contribution is -0.111. The van der Waals surface area contributed by atoms with Gasteiger partial charge in [-0.3, -0.25) is 4.79 Å². The average Bonchev–Trinajstić information content (AvgIpc) is 2.40. The Hall–Kier alpha value is -2.35. The van der Waals surface area contributed by atoms with Gasteiger partial charge in [-0.1, -0.05) is 55.1 Å². The molecular weight excluding hydrogens is 210 g/mol. The van der Waals surface area contributed by atoms with Crippen molar-refractivity contribution < 1.29 is 4.79 Å². The van der Waals surface area contributed by atoms with Gasteiger partial charge < -0.3 is 5.32 Å². The first-order valence-electron chi connectivity index (χ1n) is 5.39. The first kappa shape index (κ1) is 11.1. The van der Waals surface area contributed by atoms with E-state index < -0.39 is 0 Å². The molecule has 2 aromatic rings. The van der Waals surface area contributed by atoms with Gasteiger partial charge in [0.1, 0.15) is 0 Å². The molecule has 2 heteroatoms. The molecule has 0 bridgehead atoms. The Morgan fingerprint density at radius 1 is 1.00 bits per heavy atom. The summed E-state index contributed by atoms with van der Waals surface area (Å²) in [5.41, 5.74) is 2.87. The molecular formula is C15H13NO. The molecule has 0 heterocycles. The van der Waals surface area contributed by atoms with Crippen molar-refractivity contribution in [2.24, 2.45) is 0 Å². The first-order valence-corrected chi connectivity index (χ1v) is 5.39. The second-order valence-electron chi connectivity index (χ2n) is 3.60. The average molecular weight is 223 g/mol. The van der Waals surface area contributed by atoms with E-state index in [0.717, 1.165) is 16.8 Å². The summed E-state index contributed by atoms with van der Waals surface area (Å²) in [6.45, 7) is 3.45. The van der Waals surface area contributed by atoms with Crippen molar-refractivity contribution in [3.63, 3.8) is 0 Å². The van der Waals surface area contributed by atoms with Crippen molar-refractivity contribution in [3.8, 4) is 11.1 Å². The third-order valence-corrected chi connectivity index (χ3v) is 2.46. The number of amides is 1. The van der Waals surface area contributed by atoms with E-state index in [9.17, 15) is 4.79 Å². The van der Waals surface area contributed by atoms with Crippen molar-refractivity contribution in [2.45, 2.75) is 0 Å². The predicted octanol–water partition coefficient (Wildman–Crippen LogP) is 3.48. The normalized spacial score (nSPS) is 9.65. The Bertz CT molecular complexity index is 532. The molecule has 0 fully saturated rings. The van der Waals surface area contributed by atoms with E-state index in [1.807, 2.05) is 54.6 Å². The highest BCUT2D eigenvalue weighted by molar-refractivity contribution is 6.01. The molecule has 2 rings (SSSR count). The Morgan fingerprint density at radius 3 is 2.35 bits per heavy atom. The molecule has 0 saturated carbocycles. The molecule has 0 saturated heterocycles. The van der Waals surface area contributed by atoms with Crippen molar-refractivity contribution in [1.29, 1.82) is 0 Å². The van der Waals surface area contributed by atoms with Gasteiger partial charge in [0.05, 0.1) is 0 Å². The van der Waals surface area contributed by atoms with E-state index >= 15 is 0 Å². The SMILES string of the molecule is C=CC(=O)Nc1ccccc1-c1ccccc1. The zero-order valence-electron chi connectivity index (χ0n) is 9.39. The van der Waals surface area contributed by atoms with Gasteiger partial charge in [0.15, 0.2) is 0 Å². The summed E-state index contributed by atoms with van der Waals surface area (Å²) in [7, 11) is 0. The molecule has 0 aliphatic heterocycles. The standard InChI is InChI=1S/C15H13NO/c1-2-15(17)16-14-11-7-6-10-13(14)12-8-4-3-5-9-12/h2-11H,1H2,(H,16,17). The molecule has 1 amide bonds. The Labute approximate surface area is 101 Å². The maximum absolute atomic E-state index is 11.3. The van der Waals surface area contributed by atoms with Gasteiger partial charge in [0.25, 0.3) is 0 Å². The van der Waals surface area contributed by atoms with Crippen molar-refractivity contribution in [3.05, 3.63) is 67.3 Å².